The summed E-state index contributed by atoms with van der Waals surface area (Å²) in [6.07, 6.45) is 13.3. The molecule has 1 fully saturated rings. The lowest BCUT2D eigenvalue weighted by molar-refractivity contribution is -0.132. The lowest BCUT2D eigenvalue weighted by Gasteiger charge is -2.41. The zero-order chi connectivity index (χ0) is 11.9. The van der Waals surface area contributed by atoms with Crippen molar-refractivity contribution in [1.82, 2.24) is 0 Å². The van der Waals surface area contributed by atoms with Crippen molar-refractivity contribution in [2.24, 2.45) is 11.3 Å². The highest BCUT2D eigenvalue weighted by Crippen LogP contribution is 2.50. The summed E-state index contributed by atoms with van der Waals surface area (Å²) in [5.41, 5.74) is 1.07. The second-order valence-corrected chi connectivity index (χ2v) is 5.28. The first-order valence-corrected chi connectivity index (χ1v) is 6.41. The third-order valence-corrected chi connectivity index (χ3v) is 4.48. The predicted molar refractivity (Wildman–Crippen MR) is 66.3 cm³/mol. The van der Waals surface area contributed by atoms with E-state index in [1.807, 2.05) is 0 Å². The Hall–Kier alpha value is -1.31. The third kappa shape index (κ3) is 1.50. The number of ketones is 1. The van der Waals surface area contributed by atoms with Gasteiger partial charge in [-0.1, -0.05) is 17.7 Å². The molecular weight excluding hydrogens is 212 g/mol. The van der Waals surface area contributed by atoms with E-state index in [4.69, 9.17) is 4.74 Å². The minimum Gasteiger partial charge on any atom is -0.497 e. The van der Waals surface area contributed by atoms with Gasteiger partial charge in [-0.15, -0.1) is 0 Å². The van der Waals surface area contributed by atoms with Gasteiger partial charge in [-0.2, -0.15) is 0 Å². The van der Waals surface area contributed by atoms with Crippen LogP contribution in [0.4, 0.5) is 0 Å². The summed E-state index contributed by atoms with van der Waals surface area (Å²) in [6.45, 7) is 0. The second-order valence-electron chi connectivity index (χ2n) is 5.28. The van der Waals surface area contributed by atoms with Gasteiger partial charge in [-0.05, 0) is 44.3 Å². The molecule has 0 saturated heterocycles. The first-order valence-electron chi connectivity index (χ1n) is 6.41. The average molecular weight is 230 g/mol. The van der Waals surface area contributed by atoms with E-state index in [9.17, 15) is 4.79 Å². The zero-order valence-corrected chi connectivity index (χ0v) is 10.2. The largest absolute Gasteiger partial charge is 0.497 e. The van der Waals surface area contributed by atoms with Gasteiger partial charge in [0.05, 0.1) is 12.5 Å². The summed E-state index contributed by atoms with van der Waals surface area (Å²) < 4.78 is 5.30. The van der Waals surface area contributed by atoms with Crippen molar-refractivity contribution in [1.29, 1.82) is 0 Å². The van der Waals surface area contributed by atoms with E-state index < -0.39 is 0 Å². The Kier molecular flexibility index (Phi) is 2.46. The van der Waals surface area contributed by atoms with Gasteiger partial charge in [0, 0.05) is 5.92 Å². The summed E-state index contributed by atoms with van der Waals surface area (Å²) in [7, 11) is 1.70. The van der Waals surface area contributed by atoms with Crippen molar-refractivity contribution in [3.63, 3.8) is 0 Å². The molecule has 1 spiro atoms. The van der Waals surface area contributed by atoms with Crippen LogP contribution in [0.25, 0.3) is 0 Å². The number of methoxy groups -OCH3 is 1. The normalized spacial score (nSPS) is 35.6. The molecule has 0 aromatic heterocycles. The van der Waals surface area contributed by atoms with Gasteiger partial charge in [0.15, 0.2) is 0 Å². The van der Waals surface area contributed by atoms with Crippen LogP contribution in [0.3, 0.4) is 0 Å². The third-order valence-electron chi connectivity index (χ3n) is 4.48. The topological polar surface area (TPSA) is 26.3 Å². The van der Waals surface area contributed by atoms with Crippen LogP contribution in [0, 0.1) is 11.3 Å². The Labute approximate surface area is 102 Å². The Morgan fingerprint density at radius 1 is 1.35 bits per heavy atom. The average Bonchev–Trinajstić information content (AvgIpc) is 2.47. The number of carbonyl (C=O) groups is 1. The summed E-state index contributed by atoms with van der Waals surface area (Å²) in [4.78, 5) is 12.6. The Bertz CT molecular complexity index is 442. The molecule has 17 heavy (non-hydrogen) atoms. The quantitative estimate of drug-likeness (QED) is 0.647. The number of carbonyl (C=O) groups excluding carboxylic acids is 1. The molecule has 0 aromatic rings. The monoisotopic (exact) mass is 230 g/mol. The smallest absolute Gasteiger partial charge is 0.147 e. The van der Waals surface area contributed by atoms with Gasteiger partial charge >= 0.3 is 0 Å². The number of hydrogen-bond donors (Lipinski definition) is 0. The van der Waals surface area contributed by atoms with Crippen molar-refractivity contribution in [3.8, 4) is 0 Å². The molecule has 2 nitrogen and oxygen atoms in total. The standard InChI is InChI=1S/C15H18O2/c1-17-13-7-9-15-8-3-2-4-11(14(15)16)5-6-12(15)10-13/h2-3,7,10-11H,4-6,8-9H2,1H3. The number of ether oxygens (including phenoxy) is 1. The number of fused-ring (bicyclic) bond motifs is 1. The first-order chi connectivity index (χ1) is 8.26. The van der Waals surface area contributed by atoms with E-state index in [2.05, 4.69) is 24.3 Å². The van der Waals surface area contributed by atoms with Crippen LogP contribution in [0.5, 0.6) is 0 Å². The molecule has 0 heterocycles. The molecule has 2 atom stereocenters. The van der Waals surface area contributed by atoms with Crippen molar-refractivity contribution in [3.05, 3.63) is 35.6 Å². The highest BCUT2D eigenvalue weighted by Gasteiger charge is 2.48. The van der Waals surface area contributed by atoms with E-state index in [-0.39, 0.29) is 11.3 Å². The molecule has 2 bridgehead atoms. The SMILES string of the molecule is COC1=CCC23CC=CCC(CCC2=C1)C3=O. The Morgan fingerprint density at radius 3 is 3.06 bits per heavy atom. The van der Waals surface area contributed by atoms with Crippen LogP contribution >= 0.6 is 0 Å². The molecule has 0 radical (unpaired) electrons. The second kappa shape index (κ2) is 3.86. The van der Waals surface area contributed by atoms with Crippen molar-refractivity contribution in [2.75, 3.05) is 7.11 Å². The van der Waals surface area contributed by atoms with Crippen LogP contribution in [-0.2, 0) is 9.53 Å². The molecule has 0 amide bonds. The van der Waals surface area contributed by atoms with Gasteiger partial charge < -0.3 is 4.74 Å². The molecule has 3 rings (SSSR count). The van der Waals surface area contributed by atoms with E-state index in [0.29, 0.717) is 5.78 Å². The van der Waals surface area contributed by atoms with Gasteiger partial charge in [0.1, 0.15) is 11.5 Å². The van der Waals surface area contributed by atoms with Crippen LogP contribution in [0.2, 0.25) is 0 Å². The molecule has 90 valence electrons. The molecule has 2 heteroatoms. The number of rotatable bonds is 1. The fourth-order valence-electron chi connectivity index (χ4n) is 3.42. The molecule has 2 unspecified atom stereocenters. The maximum Gasteiger partial charge on any atom is 0.147 e. The molecule has 0 aliphatic heterocycles. The highest BCUT2D eigenvalue weighted by molar-refractivity contribution is 5.92. The Morgan fingerprint density at radius 2 is 2.24 bits per heavy atom. The molecule has 1 saturated carbocycles. The minimum absolute atomic E-state index is 0.224. The maximum atomic E-state index is 12.6. The van der Waals surface area contributed by atoms with E-state index in [0.717, 1.165) is 37.9 Å². The maximum absolute atomic E-state index is 12.6. The van der Waals surface area contributed by atoms with E-state index in [1.54, 1.807) is 7.11 Å². The van der Waals surface area contributed by atoms with Gasteiger partial charge in [0.25, 0.3) is 0 Å². The summed E-state index contributed by atoms with van der Waals surface area (Å²) in [6, 6.07) is 0. The summed E-state index contributed by atoms with van der Waals surface area (Å²) >= 11 is 0. The number of Topliss-reactive ketones (excluding diaryl/α,β-unsaturated/α-hetero) is 1. The lowest BCUT2D eigenvalue weighted by Crippen LogP contribution is -2.41. The van der Waals surface area contributed by atoms with Crippen molar-refractivity contribution >= 4 is 5.78 Å². The minimum atomic E-state index is -0.224. The molecule has 3 aliphatic rings. The van der Waals surface area contributed by atoms with Gasteiger partial charge in [-0.25, -0.2) is 0 Å². The molecule has 3 aliphatic carbocycles. The number of allylic oxidation sites excluding steroid dienone is 5. The molecular formula is C15H18O2. The zero-order valence-electron chi connectivity index (χ0n) is 10.2. The highest BCUT2D eigenvalue weighted by atomic mass is 16.5. The van der Waals surface area contributed by atoms with Crippen LogP contribution in [0.15, 0.2) is 35.6 Å². The van der Waals surface area contributed by atoms with Crippen molar-refractivity contribution < 1.29 is 9.53 Å². The fourth-order valence-corrected chi connectivity index (χ4v) is 3.42. The molecule has 0 N–H and O–H groups in total. The predicted octanol–water partition coefficient (Wildman–Crippen LogP) is 3.16. The summed E-state index contributed by atoms with van der Waals surface area (Å²) in [5.74, 6) is 1.64. The molecule has 0 aromatic carbocycles. The van der Waals surface area contributed by atoms with Gasteiger partial charge in [0.2, 0.25) is 0 Å². The summed E-state index contributed by atoms with van der Waals surface area (Å²) in [5, 5.41) is 0. The fraction of sp³-hybridized carbons (Fsp3) is 0.533. The lowest BCUT2D eigenvalue weighted by atomic mass is 9.61. The van der Waals surface area contributed by atoms with Crippen LogP contribution in [0.1, 0.15) is 32.1 Å². The van der Waals surface area contributed by atoms with Crippen LogP contribution in [-0.4, -0.2) is 12.9 Å². The van der Waals surface area contributed by atoms with E-state index in [1.165, 1.54) is 5.57 Å². The van der Waals surface area contributed by atoms with Gasteiger partial charge in [-0.3, -0.25) is 4.79 Å². The number of hydrogen-bond acceptors (Lipinski definition) is 2. The van der Waals surface area contributed by atoms with Crippen molar-refractivity contribution in [2.45, 2.75) is 32.1 Å². The first kappa shape index (κ1) is 10.8. The Balaban J connectivity index is 2.04. The van der Waals surface area contributed by atoms with E-state index >= 15 is 0 Å². The van der Waals surface area contributed by atoms with Crippen LogP contribution < -0.4 is 0 Å².